The molecule has 2 heterocycles. The second kappa shape index (κ2) is 10.7. The Labute approximate surface area is 222 Å². The summed E-state index contributed by atoms with van der Waals surface area (Å²) in [5.41, 5.74) is 3.19. The quantitative estimate of drug-likeness (QED) is 0.356. The number of rotatable bonds is 6. The molecule has 5 rings (SSSR count). The smallest absolute Gasteiger partial charge is 0.253 e. The summed E-state index contributed by atoms with van der Waals surface area (Å²) >= 11 is 0. The van der Waals surface area contributed by atoms with Crippen LogP contribution in [0, 0.1) is 6.92 Å². The molecule has 0 radical (unpaired) electrons. The van der Waals surface area contributed by atoms with E-state index in [2.05, 4.69) is 24.0 Å². The first kappa shape index (κ1) is 25.5. The van der Waals surface area contributed by atoms with E-state index in [0.717, 1.165) is 11.3 Å². The van der Waals surface area contributed by atoms with Crippen LogP contribution in [0.15, 0.2) is 66.7 Å². The predicted octanol–water partition coefficient (Wildman–Crippen LogP) is 5.46. The molecule has 1 amide bonds. The molecule has 8 heteroatoms. The molecule has 1 aliphatic rings. The van der Waals surface area contributed by atoms with Crippen molar-refractivity contribution >= 4 is 5.91 Å². The molecule has 196 valence electrons. The number of hydrogen-bond acceptors (Lipinski definition) is 6. The molecule has 38 heavy (non-hydrogen) atoms. The molecule has 0 bridgehead atoms. The predicted molar refractivity (Wildman–Crippen MR) is 145 cm³/mol. The first-order valence-corrected chi connectivity index (χ1v) is 12.9. The van der Waals surface area contributed by atoms with Gasteiger partial charge in [0.25, 0.3) is 5.91 Å². The zero-order chi connectivity index (χ0) is 26.8. The molecule has 1 aromatic heterocycles. The number of likely N-dealkylation sites (tertiary alicyclic amines) is 1. The molecule has 3 aromatic carbocycles. The highest BCUT2D eigenvalue weighted by atomic mass is 16.5. The number of aromatic hydroxyl groups is 1. The van der Waals surface area contributed by atoms with Gasteiger partial charge in [-0.15, -0.1) is 10.2 Å². The van der Waals surface area contributed by atoms with Gasteiger partial charge in [0.15, 0.2) is 5.82 Å². The highest BCUT2D eigenvalue weighted by Crippen LogP contribution is 2.33. The largest absolute Gasteiger partial charge is 0.507 e. The molecule has 0 aliphatic carbocycles. The van der Waals surface area contributed by atoms with Crippen molar-refractivity contribution < 1.29 is 19.7 Å². The third-order valence-electron chi connectivity index (χ3n) is 6.94. The Bertz CT molecular complexity index is 1420. The van der Waals surface area contributed by atoms with Crippen LogP contribution in [-0.2, 0) is 0 Å². The molecule has 4 aromatic rings. The Morgan fingerprint density at radius 1 is 0.947 bits per heavy atom. The van der Waals surface area contributed by atoms with E-state index < -0.39 is 0 Å². The number of carbonyl (C=O) groups excluding carboxylic acids is 1. The number of amides is 1. The second-order valence-electron chi connectivity index (χ2n) is 9.98. The van der Waals surface area contributed by atoms with Gasteiger partial charge < -0.3 is 19.8 Å². The number of hydrogen-bond donors (Lipinski definition) is 2. The Hall–Kier alpha value is -4.17. The van der Waals surface area contributed by atoms with Crippen LogP contribution >= 0.6 is 0 Å². The Morgan fingerprint density at radius 2 is 1.58 bits per heavy atom. The van der Waals surface area contributed by atoms with E-state index in [0.29, 0.717) is 66.1 Å². The average molecular weight is 513 g/mol. The van der Waals surface area contributed by atoms with Gasteiger partial charge in [-0.3, -0.25) is 9.36 Å². The summed E-state index contributed by atoms with van der Waals surface area (Å²) < 4.78 is 7.92. The van der Waals surface area contributed by atoms with Gasteiger partial charge in [0, 0.05) is 24.3 Å². The van der Waals surface area contributed by atoms with Crippen molar-refractivity contribution in [3.63, 3.8) is 0 Å². The van der Waals surface area contributed by atoms with Crippen LogP contribution in [0.25, 0.3) is 17.1 Å². The molecule has 0 saturated carbocycles. The number of piperidine rings is 1. The van der Waals surface area contributed by atoms with Gasteiger partial charge in [-0.25, -0.2) is 0 Å². The number of carbonyl (C=O) groups is 1. The van der Waals surface area contributed by atoms with E-state index in [9.17, 15) is 15.0 Å². The minimum absolute atomic E-state index is 0.0297. The van der Waals surface area contributed by atoms with Gasteiger partial charge in [0.1, 0.15) is 23.1 Å². The fraction of sp³-hybridized carbons (Fsp3) is 0.300. The molecular weight excluding hydrogens is 480 g/mol. The highest BCUT2D eigenvalue weighted by Gasteiger charge is 2.22. The van der Waals surface area contributed by atoms with Crippen molar-refractivity contribution in [2.45, 2.75) is 45.6 Å². The van der Waals surface area contributed by atoms with Crippen molar-refractivity contribution in [1.82, 2.24) is 19.7 Å². The van der Waals surface area contributed by atoms with E-state index in [1.807, 2.05) is 47.9 Å². The second-order valence-corrected chi connectivity index (χ2v) is 9.98. The number of aliphatic hydroxyl groups is 1. The summed E-state index contributed by atoms with van der Waals surface area (Å²) in [7, 11) is 0. The van der Waals surface area contributed by atoms with Crippen LogP contribution in [0.4, 0.5) is 0 Å². The fourth-order valence-electron chi connectivity index (χ4n) is 4.65. The van der Waals surface area contributed by atoms with Crippen molar-refractivity contribution in [3.8, 4) is 34.3 Å². The van der Waals surface area contributed by atoms with Gasteiger partial charge >= 0.3 is 0 Å². The molecule has 2 N–H and O–H groups in total. The summed E-state index contributed by atoms with van der Waals surface area (Å²) in [5, 5.41) is 28.8. The molecule has 0 unspecified atom stereocenters. The van der Waals surface area contributed by atoms with E-state index in [-0.39, 0.29) is 17.8 Å². The minimum atomic E-state index is -0.315. The fourth-order valence-corrected chi connectivity index (χ4v) is 4.65. The molecule has 1 fully saturated rings. The minimum Gasteiger partial charge on any atom is -0.507 e. The average Bonchev–Trinajstić information content (AvgIpc) is 3.30. The van der Waals surface area contributed by atoms with Crippen LogP contribution in [0.3, 0.4) is 0 Å². The van der Waals surface area contributed by atoms with E-state index in [1.54, 1.807) is 35.2 Å². The van der Waals surface area contributed by atoms with E-state index >= 15 is 0 Å². The lowest BCUT2D eigenvalue weighted by atomic mass is 10.00. The highest BCUT2D eigenvalue weighted by molar-refractivity contribution is 5.94. The van der Waals surface area contributed by atoms with Gasteiger partial charge in [-0.2, -0.15) is 0 Å². The van der Waals surface area contributed by atoms with Gasteiger partial charge in [0.2, 0.25) is 0 Å². The van der Waals surface area contributed by atoms with Gasteiger partial charge in [-0.1, -0.05) is 19.9 Å². The lowest BCUT2D eigenvalue weighted by Gasteiger charge is -2.29. The summed E-state index contributed by atoms with van der Waals surface area (Å²) in [6.45, 7) is 7.23. The first-order chi connectivity index (χ1) is 18.3. The topological polar surface area (TPSA) is 101 Å². The van der Waals surface area contributed by atoms with Crippen LogP contribution < -0.4 is 4.74 Å². The number of aromatic nitrogens is 3. The Morgan fingerprint density at radius 3 is 2.21 bits per heavy atom. The molecular formula is C30H32N4O4. The van der Waals surface area contributed by atoms with Crippen molar-refractivity contribution in [1.29, 1.82) is 0 Å². The normalized spacial score (nSPS) is 14.2. The van der Waals surface area contributed by atoms with Gasteiger partial charge in [0.05, 0.1) is 11.7 Å². The lowest BCUT2D eigenvalue weighted by molar-refractivity contribution is 0.0546. The van der Waals surface area contributed by atoms with Crippen molar-refractivity contribution in [2.75, 3.05) is 13.1 Å². The maximum Gasteiger partial charge on any atom is 0.253 e. The Kier molecular flexibility index (Phi) is 7.15. The zero-order valence-electron chi connectivity index (χ0n) is 21.8. The van der Waals surface area contributed by atoms with E-state index in [1.165, 1.54) is 0 Å². The van der Waals surface area contributed by atoms with Crippen LogP contribution in [0.5, 0.6) is 17.2 Å². The number of phenolic OH excluding ortho intramolecular Hbond substituents is 1. The first-order valence-electron chi connectivity index (χ1n) is 12.9. The van der Waals surface area contributed by atoms with Crippen LogP contribution in [0.1, 0.15) is 54.4 Å². The zero-order valence-corrected chi connectivity index (χ0v) is 21.8. The van der Waals surface area contributed by atoms with Crippen LogP contribution in [0.2, 0.25) is 0 Å². The third-order valence-corrected chi connectivity index (χ3v) is 6.94. The van der Waals surface area contributed by atoms with Crippen LogP contribution in [-0.4, -0.2) is 55.0 Å². The number of benzene rings is 3. The molecule has 8 nitrogen and oxygen atoms in total. The third kappa shape index (κ3) is 5.26. The standard InChI is InChI=1S/C30H32N4O4/c1-19(2)22-6-13-28(36)27(18-22)29-32-31-20(3)34(29)23-7-11-26(12-8-23)38-25-9-4-21(5-10-25)30(37)33-16-14-24(35)15-17-33/h4-13,18-19,24,35-36H,14-17H2,1-3H3. The Balaban J connectivity index is 1.32. The number of phenols is 1. The number of aliphatic hydroxyl groups excluding tert-OH is 1. The SMILES string of the molecule is Cc1nnc(-c2cc(C(C)C)ccc2O)n1-c1ccc(Oc2ccc(C(=O)N3CCC(O)CC3)cc2)cc1. The molecule has 1 saturated heterocycles. The van der Waals surface area contributed by atoms with E-state index in [4.69, 9.17) is 4.74 Å². The molecule has 1 aliphatic heterocycles. The maximum atomic E-state index is 12.7. The van der Waals surface area contributed by atoms with Crippen molar-refractivity contribution in [2.24, 2.45) is 0 Å². The number of nitrogens with zero attached hydrogens (tertiary/aromatic N) is 4. The summed E-state index contributed by atoms with van der Waals surface area (Å²) in [5.74, 6) is 2.98. The summed E-state index contributed by atoms with van der Waals surface area (Å²) in [6, 6.07) is 20.2. The number of ether oxygens (including phenoxy) is 1. The summed E-state index contributed by atoms with van der Waals surface area (Å²) in [4.78, 5) is 14.5. The number of aryl methyl sites for hydroxylation is 1. The monoisotopic (exact) mass is 512 g/mol. The lowest BCUT2D eigenvalue weighted by Crippen LogP contribution is -2.40. The molecule has 0 spiro atoms. The van der Waals surface area contributed by atoms with Gasteiger partial charge in [-0.05, 0) is 91.9 Å². The molecule has 0 atom stereocenters. The summed E-state index contributed by atoms with van der Waals surface area (Å²) in [6.07, 6.45) is 0.916. The maximum absolute atomic E-state index is 12.7. The van der Waals surface area contributed by atoms with Crippen molar-refractivity contribution in [3.05, 3.63) is 83.7 Å².